The molecule has 31 heavy (non-hydrogen) atoms. The summed E-state index contributed by atoms with van der Waals surface area (Å²) in [6.07, 6.45) is 11.8. The van der Waals surface area contributed by atoms with Crippen LogP contribution in [-0.4, -0.2) is 16.2 Å². The van der Waals surface area contributed by atoms with Gasteiger partial charge in [-0.2, -0.15) is 0 Å². The molecule has 0 radical (unpaired) electrons. The van der Waals surface area contributed by atoms with Gasteiger partial charge in [0.2, 0.25) is 0 Å². The Labute approximate surface area is 189 Å². The lowest BCUT2D eigenvalue weighted by Gasteiger charge is -2.05. The molecule has 0 saturated carbocycles. The fraction of sp³-hybridized carbons (Fsp3) is 0.346. The van der Waals surface area contributed by atoms with E-state index in [1.807, 2.05) is 24.3 Å². The van der Waals surface area contributed by atoms with Gasteiger partial charge < -0.3 is 4.74 Å². The number of aryl methyl sites for hydroxylation is 1. The lowest BCUT2D eigenvalue weighted by atomic mass is 10.0. The Bertz CT molecular complexity index is 975. The largest absolute Gasteiger partial charge is 0.423 e. The molecule has 1 aromatic heterocycles. The Balaban J connectivity index is 1.55. The van der Waals surface area contributed by atoms with Crippen molar-refractivity contribution in [1.82, 2.24) is 10.2 Å². The van der Waals surface area contributed by atoms with Crippen LogP contribution in [0.4, 0.5) is 0 Å². The lowest BCUT2D eigenvalue weighted by molar-refractivity contribution is -0.129. The van der Waals surface area contributed by atoms with Gasteiger partial charge in [-0.1, -0.05) is 92.8 Å². The molecule has 0 aliphatic carbocycles. The first-order valence-electron chi connectivity index (χ1n) is 11.1. The van der Waals surface area contributed by atoms with Gasteiger partial charge in [0.05, 0.1) is 0 Å². The molecule has 2 aromatic carbocycles. The molecule has 3 aromatic rings. The van der Waals surface area contributed by atoms with Gasteiger partial charge in [-0.25, -0.2) is 4.79 Å². The number of benzene rings is 2. The highest BCUT2D eigenvalue weighted by Crippen LogP contribution is 2.28. The highest BCUT2D eigenvalue weighted by atomic mass is 32.1. The Kier molecular flexibility index (Phi) is 8.98. The SMILES string of the molecule is C/C=C/C(=O)Oc1ccc(-c2ccc(-c3nnc(CCCCCCCC)s3)cc2)cc1. The third kappa shape index (κ3) is 7.14. The van der Waals surface area contributed by atoms with E-state index in [1.54, 1.807) is 24.3 Å². The molecule has 0 aliphatic heterocycles. The van der Waals surface area contributed by atoms with Crippen molar-refractivity contribution < 1.29 is 9.53 Å². The number of rotatable bonds is 11. The summed E-state index contributed by atoms with van der Waals surface area (Å²) in [6.45, 7) is 4.03. The van der Waals surface area contributed by atoms with Crippen molar-refractivity contribution in [3.63, 3.8) is 0 Å². The second-order valence-corrected chi connectivity index (χ2v) is 8.60. The maximum Gasteiger partial charge on any atom is 0.335 e. The van der Waals surface area contributed by atoms with E-state index >= 15 is 0 Å². The van der Waals surface area contributed by atoms with Crippen molar-refractivity contribution in [2.45, 2.75) is 58.8 Å². The Morgan fingerprint density at radius 2 is 1.48 bits per heavy atom. The number of unbranched alkanes of at least 4 members (excludes halogenated alkanes) is 5. The number of ether oxygens (including phenoxy) is 1. The van der Waals surface area contributed by atoms with Gasteiger partial charge in [-0.3, -0.25) is 0 Å². The van der Waals surface area contributed by atoms with E-state index in [4.69, 9.17) is 4.74 Å². The van der Waals surface area contributed by atoms with Gasteiger partial charge in [0, 0.05) is 18.1 Å². The normalized spacial score (nSPS) is 11.2. The zero-order chi connectivity index (χ0) is 21.9. The van der Waals surface area contributed by atoms with Crippen molar-refractivity contribution in [2.75, 3.05) is 0 Å². The molecule has 0 unspecified atom stereocenters. The van der Waals surface area contributed by atoms with Crippen LogP contribution in [-0.2, 0) is 11.2 Å². The zero-order valence-corrected chi connectivity index (χ0v) is 19.2. The van der Waals surface area contributed by atoms with E-state index in [2.05, 4.69) is 41.4 Å². The van der Waals surface area contributed by atoms with Crippen LogP contribution in [0.3, 0.4) is 0 Å². The van der Waals surface area contributed by atoms with Gasteiger partial charge in [0.25, 0.3) is 0 Å². The summed E-state index contributed by atoms with van der Waals surface area (Å²) in [5, 5.41) is 10.9. The molecule has 3 rings (SSSR count). The summed E-state index contributed by atoms with van der Waals surface area (Å²) in [4.78, 5) is 11.5. The molecule has 0 fully saturated rings. The van der Waals surface area contributed by atoms with E-state index in [0.29, 0.717) is 5.75 Å². The van der Waals surface area contributed by atoms with Gasteiger partial charge in [-0.05, 0) is 36.6 Å². The van der Waals surface area contributed by atoms with Crippen molar-refractivity contribution in [2.24, 2.45) is 0 Å². The van der Waals surface area contributed by atoms with Crippen LogP contribution >= 0.6 is 11.3 Å². The number of nitrogens with zero attached hydrogens (tertiary/aromatic N) is 2. The van der Waals surface area contributed by atoms with Gasteiger partial charge in [0.1, 0.15) is 15.8 Å². The lowest BCUT2D eigenvalue weighted by Crippen LogP contribution is -2.03. The molecule has 0 spiro atoms. The second kappa shape index (κ2) is 12.2. The van der Waals surface area contributed by atoms with Crippen LogP contribution in [0, 0.1) is 0 Å². The second-order valence-electron chi connectivity index (χ2n) is 7.54. The topological polar surface area (TPSA) is 52.1 Å². The molecule has 5 heteroatoms. The first-order chi connectivity index (χ1) is 15.2. The quantitative estimate of drug-likeness (QED) is 0.138. The van der Waals surface area contributed by atoms with E-state index in [0.717, 1.165) is 33.1 Å². The van der Waals surface area contributed by atoms with E-state index in [9.17, 15) is 4.79 Å². The molecule has 4 nitrogen and oxygen atoms in total. The van der Waals surface area contributed by atoms with Crippen LogP contribution in [0.2, 0.25) is 0 Å². The minimum Gasteiger partial charge on any atom is -0.423 e. The Morgan fingerprint density at radius 3 is 2.16 bits per heavy atom. The summed E-state index contributed by atoms with van der Waals surface area (Å²) in [5.74, 6) is 0.169. The smallest absolute Gasteiger partial charge is 0.335 e. The summed E-state index contributed by atoms with van der Waals surface area (Å²) >= 11 is 1.69. The Morgan fingerprint density at radius 1 is 0.871 bits per heavy atom. The molecular weight excluding hydrogens is 404 g/mol. The number of aromatic nitrogens is 2. The number of allylic oxidation sites excluding steroid dienone is 1. The molecule has 1 heterocycles. The Hall–Kier alpha value is -2.79. The number of carbonyl (C=O) groups excluding carboxylic acids is 1. The fourth-order valence-corrected chi connectivity index (χ4v) is 4.22. The molecule has 0 amide bonds. The first-order valence-corrected chi connectivity index (χ1v) is 11.9. The average Bonchev–Trinajstić information content (AvgIpc) is 3.26. The molecule has 0 bridgehead atoms. The molecule has 162 valence electrons. The number of carbonyl (C=O) groups is 1. The van der Waals surface area contributed by atoms with Crippen molar-refractivity contribution in [3.8, 4) is 27.4 Å². The van der Waals surface area contributed by atoms with Crippen molar-refractivity contribution >= 4 is 17.3 Å². The number of hydrogen-bond donors (Lipinski definition) is 0. The molecular formula is C26H30N2O2S. The average molecular weight is 435 g/mol. The van der Waals surface area contributed by atoms with Crippen LogP contribution in [0.5, 0.6) is 5.75 Å². The number of hydrogen-bond acceptors (Lipinski definition) is 5. The highest BCUT2D eigenvalue weighted by molar-refractivity contribution is 7.14. The van der Waals surface area contributed by atoms with Crippen LogP contribution in [0.25, 0.3) is 21.7 Å². The van der Waals surface area contributed by atoms with Crippen LogP contribution < -0.4 is 4.74 Å². The van der Waals surface area contributed by atoms with Gasteiger partial charge in [-0.15, -0.1) is 10.2 Å². The standard InChI is InChI=1S/C26H30N2O2S/c1-3-5-6-7-8-9-11-24-27-28-26(31-24)22-14-12-20(13-15-22)21-16-18-23(19-17-21)30-25(29)10-4-2/h4,10,12-19H,3,5-9,11H2,1-2H3/b10-4+. The number of esters is 1. The van der Waals surface area contributed by atoms with E-state index in [1.165, 1.54) is 44.6 Å². The molecule has 0 atom stereocenters. The maximum atomic E-state index is 11.5. The van der Waals surface area contributed by atoms with E-state index in [-0.39, 0.29) is 5.97 Å². The maximum absolute atomic E-state index is 11.5. The van der Waals surface area contributed by atoms with E-state index < -0.39 is 0 Å². The molecule has 0 N–H and O–H groups in total. The fourth-order valence-electron chi connectivity index (χ4n) is 3.33. The third-order valence-corrected chi connectivity index (χ3v) is 6.08. The van der Waals surface area contributed by atoms with Crippen LogP contribution in [0.1, 0.15) is 57.4 Å². The van der Waals surface area contributed by atoms with Crippen molar-refractivity contribution in [3.05, 3.63) is 65.7 Å². The van der Waals surface area contributed by atoms with Gasteiger partial charge >= 0.3 is 5.97 Å². The van der Waals surface area contributed by atoms with Crippen molar-refractivity contribution in [1.29, 1.82) is 0 Å². The predicted molar refractivity (Wildman–Crippen MR) is 128 cm³/mol. The summed E-state index contributed by atoms with van der Waals surface area (Å²) in [5.41, 5.74) is 3.26. The summed E-state index contributed by atoms with van der Waals surface area (Å²) in [6, 6.07) is 15.9. The minimum absolute atomic E-state index is 0.368. The van der Waals surface area contributed by atoms with Gasteiger partial charge in [0.15, 0.2) is 0 Å². The molecule has 0 aliphatic rings. The third-order valence-electron chi connectivity index (χ3n) is 5.05. The summed E-state index contributed by atoms with van der Waals surface area (Å²) < 4.78 is 5.24. The first kappa shape index (κ1) is 22.9. The monoisotopic (exact) mass is 434 g/mol. The highest BCUT2D eigenvalue weighted by Gasteiger charge is 2.08. The minimum atomic E-state index is -0.368. The predicted octanol–water partition coefficient (Wildman–Crippen LogP) is 7.26. The summed E-state index contributed by atoms with van der Waals surface area (Å²) in [7, 11) is 0. The zero-order valence-electron chi connectivity index (χ0n) is 18.3. The molecule has 0 saturated heterocycles. The van der Waals surface area contributed by atoms with Crippen LogP contribution in [0.15, 0.2) is 60.7 Å².